The molecule has 0 bridgehead atoms. The van der Waals surface area contributed by atoms with E-state index in [1.807, 2.05) is 85.2 Å². The summed E-state index contributed by atoms with van der Waals surface area (Å²) >= 11 is 1.58. The van der Waals surface area contributed by atoms with Gasteiger partial charge in [0.05, 0.1) is 0 Å². The lowest BCUT2D eigenvalue weighted by Gasteiger charge is -1.90. The second-order valence-electron chi connectivity index (χ2n) is 4.45. The average Bonchev–Trinajstić information content (AvgIpc) is 3.01. The molecule has 0 amide bonds. The van der Waals surface area contributed by atoms with Crippen molar-refractivity contribution in [1.29, 1.82) is 0 Å². The lowest BCUT2D eigenvalue weighted by Crippen LogP contribution is -1.76. The second kappa shape index (κ2) is 6.77. The molecule has 0 aliphatic carbocycles. The molecule has 3 aromatic rings. The first-order valence-electron chi connectivity index (χ1n) is 6.68. The summed E-state index contributed by atoms with van der Waals surface area (Å²) in [6, 6.07) is 24.1. The number of hydrogen-bond acceptors (Lipinski definition) is 3. The maximum absolute atomic E-state index is 4.47. The summed E-state index contributed by atoms with van der Waals surface area (Å²) in [6.07, 6.45) is 3.74. The van der Waals surface area contributed by atoms with E-state index in [0.717, 1.165) is 21.1 Å². The van der Waals surface area contributed by atoms with E-state index in [1.54, 1.807) is 11.3 Å². The summed E-state index contributed by atoms with van der Waals surface area (Å²) in [7, 11) is 0. The van der Waals surface area contributed by atoms with Gasteiger partial charge in [-0.3, -0.25) is 0 Å². The molecule has 0 saturated heterocycles. The number of nitrogens with zero attached hydrogens (tertiary/aromatic N) is 2. The molecule has 0 aliphatic rings. The minimum Gasteiger partial charge on any atom is -0.245 e. The van der Waals surface area contributed by atoms with Crippen LogP contribution in [0, 0.1) is 0 Å². The third-order valence-corrected chi connectivity index (χ3v) is 3.76. The molecule has 0 radical (unpaired) electrons. The fourth-order valence-corrected chi connectivity index (χ4v) is 2.51. The first-order valence-corrected chi connectivity index (χ1v) is 7.50. The van der Waals surface area contributed by atoms with Gasteiger partial charge >= 0.3 is 0 Å². The zero-order chi connectivity index (χ0) is 14.3. The fraction of sp³-hybridized carbons (Fsp3) is 0. The first-order chi connectivity index (χ1) is 10.4. The minimum absolute atomic E-state index is 0.957. The van der Waals surface area contributed by atoms with Crippen LogP contribution in [-0.4, -0.2) is 12.4 Å². The quantitative estimate of drug-likeness (QED) is 0.586. The molecule has 0 aliphatic heterocycles. The van der Waals surface area contributed by atoms with Crippen LogP contribution in [-0.2, 0) is 0 Å². The zero-order valence-corrected chi connectivity index (χ0v) is 12.2. The molecule has 3 rings (SSSR count). The van der Waals surface area contributed by atoms with Crippen molar-refractivity contribution in [2.75, 3.05) is 0 Å². The van der Waals surface area contributed by atoms with Crippen LogP contribution in [0.1, 0.15) is 11.1 Å². The maximum Gasteiger partial charge on any atom is 0.118 e. The predicted molar refractivity (Wildman–Crippen MR) is 91.7 cm³/mol. The highest BCUT2D eigenvalue weighted by atomic mass is 32.1. The predicted octanol–water partition coefficient (Wildman–Crippen LogP) is 5.25. The van der Waals surface area contributed by atoms with Gasteiger partial charge in [-0.2, -0.15) is 0 Å². The van der Waals surface area contributed by atoms with Gasteiger partial charge in [-0.25, -0.2) is 9.98 Å². The molecule has 1 heterocycles. The number of rotatable bonds is 4. The van der Waals surface area contributed by atoms with Crippen molar-refractivity contribution in [3.8, 4) is 0 Å². The number of thiophene rings is 1. The molecule has 0 spiro atoms. The Hall–Kier alpha value is -2.52. The number of aliphatic imine (C=N–C) groups is 2. The van der Waals surface area contributed by atoms with Crippen LogP contribution in [0.3, 0.4) is 0 Å². The highest BCUT2D eigenvalue weighted by Crippen LogP contribution is 2.31. The third-order valence-electron chi connectivity index (χ3n) is 2.86. The highest BCUT2D eigenvalue weighted by Gasteiger charge is 1.96. The summed E-state index contributed by atoms with van der Waals surface area (Å²) in [4.78, 5) is 8.94. The van der Waals surface area contributed by atoms with Gasteiger partial charge in [-0.05, 0) is 23.3 Å². The van der Waals surface area contributed by atoms with Crippen molar-refractivity contribution in [2.45, 2.75) is 0 Å². The van der Waals surface area contributed by atoms with Gasteiger partial charge in [-0.1, -0.05) is 72.0 Å². The third kappa shape index (κ3) is 3.97. The van der Waals surface area contributed by atoms with Crippen LogP contribution in [0.5, 0.6) is 0 Å². The van der Waals surface area contributed by atoms with Crippen molar-refractivity contribution in [3.05, 3.63) is 83.9 Å². The summed E-state index contributed by atoms with van der Waals surface area (Å²) in [5.74, 6) is 0. The van der Waals surface area contributed by atoms with Gasteiger partial charge in [0.25, 0.3) is 0 Å². The molecular weight excluding hydrogens is 276 g/mol. The molecule has 102 valence electrons. The van der Waals surface area contributed by atoms with Crippen molar-refractivity contribution < 1.29 is 0 Å². The van der Waals surface area contributed by atoms with Crippen LogP contribution in [0.4, 0.5) is 10.0 Å². The minimum atomic E-state index is 0.957. The topological polar surface area (TPSA) is 24.7 Å². The Morgan fingerprint density at radius 3 is 1.43 bits per heavy atom. The molecule has 3 heteroatoms. The molecule has 0 fully saturated rings. The molecule has 0 N–H and O–H groups in total. The van der Waals surface area contributed by atoms with Crippen LogP contribution in [0.25, 0.3) is 0 Å². The summed E-state index contributed by atoms with van der Waals surface area (Å²) < 4.78 is 0. The molecular formula is C18H14N2S. The normalized spacial score (nSPS) is 11.4. The summed E-state index contributed by atoms with van der Waals surface area (Å²) in [5, 5.41) is 1.91. The van der Waals surface area contributed by atoms with Gasteiger partial charge in [0.2, 0.25) is 0 Å². The monoisotopic (exact) mass is 290 g/mol. The number of benzene rings is 2. The Morgan fingerprint density at radius 2 is 1.00 bits per heavy atom. The lowest BCUT2D eigenvalue weighted by molar-refractivity contribution is 1.60. The van der Waals surface area contributed by atoms with E-state index in [0.29, 0.717) is 0 Å². The molecule has 0 unspecified atom stereocenters. The molecule has 21 heavy (non-hydrogen) atoms. The highest BCUT2D eigenvalue weighted by molar-refractivity contribution is 7.19. The molecule has 0 atom stereocenters. The van der Waals surface area contributed by atoms with Gasteiger partial charge in [0.15, 0.2) is 0 Å². The van der Waals surface area contributed by atoms with Crippen molar-refractivity contribution >= 4 is 33.8 Å². The lowest BCUT2D eigenvalue weighted by atomic mass is 10.2. The van der Waals surface area contributed by atoms with Gasteiger partial charge < -0.3 is 0 Å². The van der Waals surface area contributed by atoms with E-state index in [1.165, 1.54) is 0 Å². The van der Waals surface area contributed by atoms with Gasteiger partial charge in [-0.15, -0.1) is 0 Å². The van der Waals surface area contributed by atoms with E-state index in [2.05, 4.69) is 9.98 Å². The van der Waals surface area contributed by atoms with Gasteiger partial charge in [0, 0.05) is 12.4 Å². The van der Waals surface area contributed by atoms with Crippen molar-refractivity contribution in [1.82, 2.24) is 0 Å². The Kier molecular flexibility index (Phi) is 4.34. The SMILES string of the molecule is C(=Nc1ccc(N=Cc2ccccc2)s1)c1ccccc1. The maximum atomic E-state index is 4.47. The zero-order valence-electron chi connectivity index (χ0n) is 11.4. The van der Waals surface area contributed by atoms with Crippen LogP contribution in [0.15, 0.2) is 82.8 Å². The van der Waals surface area contributed by atoms with Crippen molar-refractivity contribution in [3.63, 3.8) is 0 Å². The van der Waals surface area contributed by atoms with Crippen molar-refractivity contribution in [2.24, 2.45) is 9.98 Å². The van der Waals surface area contributed by atoms with E-state index in [-0.39, 0.29) is 0 Å². The van der Waals surface area contributed by atoms with Crippen LogP contribution in [0.2, 0.25) is 0 Å². The summed E-state index contributed by atoms with van der Waals surface area (Å²) in [5.41, 5.74) is 2.19. The van der Waals surface area contributed by atoms with E-state index in [9.17, 15) is 0 Å². The fourth-order valence-electron chi connectivity index (χ4n) is 1.81. The first kappa shape index (κ1) is 13.5. The standard InChI is InChI=1S/C18H14N2S/c1-3-7-15(8-4-1)13-19-17-11-12-18(21-17)20-14-16-9-5-2-6-10-16/h1-14H. The van der Waals surface area contributed by atoms with E-state index >= 15 is 0 Å². The number of hydrogen-bond donors (Lipinski definition) is 0. The molecule has 2 aromatic carbocycles. The largest absolute Gasteiger partial charge is 0.245 e. The van der Waals surface area contributed by atoms with E-state index in [4.69, 9.17) is 0 Å². The van der Waals surface area contributed by atoms with Gasteiger partial charge in [0.1, 0.15) is 10.0 Å². The smallest absolute Gasteiger partial charge is 0.118 e. The Labute approximate surface area is 128 Å². The van der Waals surface area contributed by atoms with E-state index < -0.39 is 0 Å². The summed E-state index contributed by atoms with van der Waals surface area (Å²) in [6.45, 7) is 0. The average molecular weight is 290 g/mol. The Bertz CT molecular complexity index is 679. The second-order valence-corrected chi connectivity index (χ2v) is 5.49. The Balaban J connectivity index is 1.69. The van der Waals surface area contributed by atoms with Crippen LogP contribution < -0.4 is 0 Å². The molecule has 0 saturated carbocycles. The molecule has 2 nitrogen and oxygen atoms in total. The molecule has 1 aromatic heterocycles. The Morgan fingerprint density at radius 1 is 0.571 bits per heavy atom. The van der Waals surface area contributed by atoms with Crippen LogP contribution >= 0.6 is 11.3 Å².